The number of aliphatic hydroxyl groups is 3. The lowest BCUT2D eigenvalue weighted by atomic mass is 9.30. The molecular weight excluding hydrogens is 556 g/mol. The smallest absolute Gasteiger partial charge is 0.157 e. The van der Waals surface area contributed by atoms with Crippen LogP contribution < -0.4 is 0 Å². The maximum absolute atomic E-state index is 12.6. The molecule has 0 aromatic carbocycles. The molecule has 6 aliphatic rings. The van der Waals surface area contributed by atoms with Gasteiger partial charge >= 0.3 is 0 Å². The van der Waals surface area contributed by atoms with E-state index in [4.69, 9.17) is 4.74 Å². The second kappa shape index (κ2) is 12.9. The molecule has 16 atom stereocenters. The Bertz CT molecular complexity index is 1000. The summed E-state index contributed by atoms with van der Waals surface area (Å²) in [6.07, 6.45) is 17.0. The second-order valence-electron chi connectivity index (χ2n) is 19.0. The Kier molecular flexibility index (Phi) is 9.98. The van der Waals surface area contributed by atoms with Crippen LogP contribution in [-0.4, -0.2) is 39.9 Å². The van der Waals surface area contributed by atoms with Crippen LogP contribution in [-0.2, 0) is 4.74 Å². The lowest BCUT2D eigenvalue weighted by Crippen LogP contribution is -2.77. The first kappa shape index (κ1) is 34.7. The van der Waals surface area contributed by atoms with Crippen molar-refractivity contribution in [2.24, 2.45) is 81.3 Å². The third kappa shape index (κ3) is 5.34. The van der Waals surface area contributed by atoms with Crippen LogP contribution in [0.4, 0.5) is 0 Å². The van der Waals surface area contributed by atoms with Gasteiger partial charge < -0.3 is 20.1 Å². The van der Waals surface area contributed by atoms with Gasteiger partial charge in [-0.25, -0.2) is 0 Å². The maximum Gasteiger partial charge on any atom is 0.157 e. The standard InChI is InChI=1S/C41H72O4/c1-24-15-14-20-31-32(22-21-29-16-12-13-17-29)40(7)35(26(3)33(24)31)27(4)41(8)36(43)34(28(5)42)25(2)23-39(41,6)38(40)45-37(44)30-18-10-9-11-19-30/h24-38,42-44H,9-23H2,1-8H3. The van der Waals surface area contributed by atoms with Gasteiger partial charge in [0.1, 0.15) is 0 Å². The summed E-state index contributed by atoms with van der Waals surface area (Å²) in [5.41, 5.74) is -0.802. The molecule has 45 heavy (non-hydrogen) atoms. The molecule has 0 heterocycles. The van der Waals surface area contributed by atoms with E-state index in [1.54, 1.807) is 0 Å². The summed E-state index contributed by atoms with van der Waals surface area (Å²) >= 11 is 0. The number of fused-ring (bicyclic) bond motifs is 3. The van der Waals surface area contributed by atoms with E-state index in [2.05, 4.69) is 48.5 Å². The van der Waals surface area contributed by atoms with E-state index in [1.807, 2.05) is 6.92 Å². The first-order valence-corrected chi connectivity index (χ1v) is 20.0. The molecule has 0 spiro atoms. The minimum atomic E-state index is -0.738. The fourth-order valence-electron chi connectivity index (χ4n) is 15.0. The molecule has 3 N–H and O–H groups in total. The van der Waals surface area contributed by atoms with E-state index in [9.17, 15) is 15.3 Å². The monoisotopic (exact) mass is 629 g/mol. The molecule has 4 nitrogen and oxygen atoms in total. The van der Waals surface area contributed by atoms with Crippen LogP contribution in [0.15, 0.2) is 0 Å². The lowest BCUT2D eigenvalue weighted by molar-refractivity contribution is -0.358. The van der Waals surface area contributed by atoms with Crippen molar-refractivity contribution < 1.29 is 20.1 Å². The fraction of sp³-hybridized carbons (Fsp3) is 1.00. The zero-order valence-electron chi connectivity index (χ0n) is 30.5. The summed E-state index contributed by atoms with van der Waals surface area (Å²) in [6, 6.07) is 0. The Morgan fingerprint density at radius 2 is 1.42 bits per heavy atom. The highest BCUT2D eigenvalue weighted by Crippen LogP contribution is 2.76. The highest BCUT2D eigenvalue weighted by Gasteiger charge is 2.75. The van der Waals surface area contributed by atoms with Gasteiger partial charge in [-0.1, -0.05) is 113 Å². The van der Waals surface area contributed by atoms with Crippen LogP contribution in [0.2, 0.25) is 0 Å². The highest BCUT2D eigenvalue weighted by atomic mass is 16.6. The molecule has 4 heteroatoms. The average Bonchev–Trinajstić information content (AvgIpc) is 3.51. The zero-order chi connectivity index (χ0) is 32.5. The molecule has 6 rings (SSSR count). The Morgan fingerprint density at radius 3 is 2.07 bits per heavy atom. The van der Waals surface area contributed by atoms with Gasteiger partial charge in [-0.15, -0.1) is 0 Å². The molecule has 0 saturated heterocycles. The Balaban J connectivity index is 1.50. The summed E-state index contributed by atoms with van der Waals surface area (Å²) in [4.78, 5) is 0. The van der Waals surface area contributed by atoms with E-state index in [-0.39, 0.29) is 34.7 Å². The molecule has 16 unspecified atom stereocenters. The van der Waals surface area contributed by atoms with Crippen molar-refractivity contribution in [3.05, 3.63) is 0 Å². The van der Waals surface area contributed by atoms with Crippen molar-refractivity contribution in [1.82, 2.24) is 0 Å². The molecular formula is C41H72O4. The molecule has 260 valence electrons. The van der Waals surface area contributed by atoms with E-state index in [0.717, 1.165) is 42.9 Å². The second-order valence-corrected chi connectivity index (χ2v) is 19.0. The minimum absolute atomic E-state index is 0.0727. The Morgan fingerprint density at radius 1 is 0.778 bits per heavy atom. The molecule has 6 aliphatic carbocycles. The SMILES string of the molecule is CC(O)C1C(C)CC2(C)C(OC(O)C3CCCCC3)C3(C)C(CCC4CCCC4)C4CCCC(C)C4C(C)C3C(C)C2(C)C1O. The number of hydrogen-bond donors (Lipinski definition) is 3. The molecule has 0 bridgehead atoms. The van der Waals surface area contributed by atoms with Gasteiger partial charge in [0, 0.05) is 28.1 Å². The number of rotatable bonds is 7. The summed E-state index contributed by atoms with van der Waals surface area (Å²) in [6.45, 7) is 19.2. The van der Waals surface area contributed by atoms with Crippen LogP contribution in [0.25, 0.3) is 0 Å². The van der Waals surface area contributed by atoms with Gasteiger partial charge in [0.2, 0.25) is 0 Å². The molecule has 0 amide bonds. The Labute approximate surface area is 277 Å². The maximum atomic E-state index is 12.6. The topological polar surface area (TPSA) is 69.9 Å². The molecule has 0 aromatic heterocycles. The summed E-state index contributed by atoms with van der Waals surface area (Å²) in [5.74, 6) is 5.15. The largest absolute Gasteiger partial charge is 0.393 e. The van der Waals surface area contributed by atoms with E-state index < -0.39 is 23.9 Å². The van der Waals surface area contributed by atoms with Crippen molar-refractivity contribution in [2.75, 3.05) is 0 Å². The first-order valence-electron chi connectivity index (χ1n) is 20.0. The highest BCUT2D eigenvalue weighted by molar-refractivity contribution is 5.23. The predicted octanol–water partition coefficient (Wildman–Crippen LogP) is 9.24. The summed E-state index contributed by atoms with van der Waals surface area (Å²) in [5, 5.41) is 35.7. The Hall–Kier alpha value is -0.160. The summed E-state index contributed by atoms with van der Waals surface area (Å²) < 4.78 is 7.42. The van der Waals surface area contributed by atoms with E-state index >= 15 is 0 Å². The molecule has 0 aliphatic heterocycles. The number of ether oxygens (including phenoxy) is 1. The molecule has 0 aromatic rings. The average molecular weight is 629 g/mol. The third-order valence-electron chi connectivity index (χ3n) is 17.0. The van der Waals surface area contributed by atoms with Gasteiger partial charge in [-0.2, -0.15) is 0 Å². The van der Waals surface area contributed by atoms with E-state index in [0.29, 0.717) is 23.7 Å². The van der Waals surface area contributed by atoms with Crippen molar-refractivity contribution in [3.63, 3.8) is 0 Å². The summed E-state index contributed by atoms with van der Waals surface area (Å²) in [7, 11) is 0. The van der Waals surface area contributed by atoms with Crippen LogP contribution >= 0.6 is 0 Å². The first-order chi connectivity index (χ1) is 21.3. The quantitative estimate of drug-likeness (QED) is 0.246. The van der Waals surface area contributed by atoms with E-state index in [1.165, 1.54) is 77.0 Å². The zero-order valence-corrected chi connectivity index (χ0v) is 30.5. The van der Waals surface area contributed by atoms with Gasteiger partial charge in [-0.3, -0.25) is 0 Å². The van der Waals surface area contributed by atoms with Gasteiger partial charge in [0.15, 0.2) is 6.29 Å². The number of aliphatic hydroxyl groups excluding tert-OH is 3. The minimum Gasteiger partial charge on any atom is -0.393 e. The van der Waals surface area contributed by atoms with Crippen LogP contribution in [0.3, 0.4) is 0 Å². The lowest BCUT2D eigenvalue weighted by Gasteiger charge is -2.76. The van der Waals surface area contributed by atoms with Crippen molar-refractivity contribution in [2.45, 2.75) is 176 Å². The van der Waals surface area contributed by atoms with Gasteiger partial charge in [0.25, 0.3) is 0 Å². The fourth-order valence-corrected chi connectivity index (χ4v) is 15.0. The number of hydrogen-bond acceptors (Lipinski definition) is 4. The van der Waals surface area contributed by atoms with Crippen molar-refractivity contribution in [1.29, 1.82) is 0 Å². The third-order valence-corrected chi connectivity index (χ3v) is 17.0. The van der Waals surface area contributed by atoms with Gasteiger partial charge in [-0.05, 0) is 92.3 Å². The van der Waals surface area contributed by atoms with Crippen LogP contribution in [0.1, 0.15) is 152 Å². The van der Waals surface area contributed by atoms with Crippen molar-refractivity contribution >= 4 is 0 Å². The predicted molar refractivity (Wildman–Crippen MR) is 183 cm³/mol. The van der Waals surface area contributed by atoms with Gasteiger partial charge in [0.05, 0.1) is 18.3 Å². The molecule has 0 radical (unpaired) electrons. The molecule has 6 saturated carbocycles. The molecule has 6 fully saturated rings. The normalized spacial score (nSPS) is 52.5. The van der Waals surface area contributed by atoms with Crippen LogP contribution in [0, 0.1) is 81.3 Å². The van der Waals surface area contributed by atoms with Crippen LogP contribution in [0.5, 0.6) is 0 Å². The van der Waals surface area contributed by atoms with Crippen molar-refractivity contribution in [3.8, 4) is 0 Å².